The van der Waals surface area contributed by atoms with Crippen LogP contribution in [0, 0.1) is 24.7 Å². The van der Waals surface area contributed by atoms with Gasteiger partial charge in [-0.05, 0) is 49.9 Å². The molecule has 226 valence electrons. The van der Waals surface area contributed by atoms with Crippen molar-refractivity contribution < 1.29 is 19.5 Å². The molecule has 1 spiro atoms. The van der Waals surface area contributed by atoms with Crippen LogP contribution < -0.4 is 9.80 Å². The van der Waals surface area contributed by atoms with Crippen molar-refractivity contribution in [1.29, 1.82) is 0 Å². The number of thioether (sulfide) groups is 1. The number of nitrogens with zero attached hydrogens (tertiary/aromatic N) is 3. The van der Waals surface area contributed by atoms with E-state index in [2.05, 4.69) is 6.08 Å². The Hall–Kier alpha value is -3.07. The van der Waals surface area contributed by atoms with Crippen LogP contribution in [0.4, 0.5) is 11.4 Å². The van der Waals surface area contributed by atoms with Gasteiger partial charge in [0.25, 0.3) is 5.91 Å². The smallest absolute Gasteiger partial charge is 0.251 e. The highest BCUT2D eigenvalue weighted by atomic mass is 35.5. The maximum atomic E-state index is 14.9. The van der Waals surface area contributed by atoms with Crippen LogP contribution in [-0.4, -0.2) is 69.0 Å². The number of fused-ring (bicyclic) bond motifs is 2. The van der Waals surface area contributed by atoms with Crippen molar-refractivity contribution in [3.8, 4) is 0 Å². The van der Waals surface area contributed by atoms with Crippen molar-refractivity contribution >= 4 is 52.5 Å². The molecule has 1 unspecified atom stereocenters. The molecule has 0 saturated carbocycles. The van der Waals surface area contributed by atoms with Gasteiger partial charge in [-0.1, -0.05) is 80.1 Å². The van der Waals surface area contributed by atoms with Crippen LogP contribution in [0.2, 0.25) is 5.02 Å². The second-order valence-corrected chi connectivity index (χ2v) is 14.9. The Labute approximate surface area is 262 Å². The summed E-state index contributed by atoms with van der Waals surface area (Å²) in [6.45, 7) is 8.42. The van der Waals surface area contributed by atoms with E-state index in [0.29, 0.717) is 23.7 Å². The summed E-state index contributed by atoms with van der Waals surface area (Å²) in [6, 6.07) is 13.6. The predicted molar refractivity (Wildman–Crippen MR) is 172 cm³/mol. The van der Waals surface area contributed by atoms with Gasteiger partial charge in [0.15, 0.2) is 0 Å². The van der Waals surface area contributed by atoms with Gasteiger partial charge >= 0.3 is 0 Å². The van der Waals surface area contributed by atoms with Crippen LogP contribution in [0.5, 0.6) is 0 Å². The van der Waals surface area contributed by atoms with Gasteiger partial charge in [0.05, 0.1) is 39.9 Å². The van der Waals surface area contributed by atoms with Crippen molar-refractivity contribution in [1.82, 2.24) is 4.90 Å². The molecule has 0 bridgehead atoms. The first-order chi connectivity index (χ1) is 20.5. The third-order valence-electron chi connectivity index (χ3n) is 9.37. The fraction of sp³-hybridized carbons (Fsp3) is 0.441. The molecule has 2 saturated heterocycles. The largest absolute Gasteiger partial charge is 0.394 e. The van der Waals surface area contributed by atoms with E-state index in [1.54, 1.807) is 32.5 Å². The summed E-state index contributed by atoms with van der Waals surface area (Å²) in [6.07, 6.45) is 8.55. The highest BCUT2D eigenvalue weighted by Crippen LogP contribution is 2.66. The third kappa shape index (κ3) is 4.64. The predicted octanol–water partition coefficient (Wildman–Crippen LogP) is 5.25. The van der Waals surface area contributed by atoms with Crippen molar-refractivity contribution in [3.63, 3.8) is 0 Å². The molecule has 4 heterocycles. The number of hydrogen-bond donors (Lipinski definition) is 1. The average Bonchev–Trinajstić information content (AvgIpc) is 3.24. The molecule has 6 atom stereocenters. The first-order valence-corrected chi connectivity index (χ1v) is 16.1. The molecule has 4 aliphatic rings. The van der Waals surface area contributed by atoms with E-state index >= 15 is 0 Å². The molecule has 3 amide bonds. The summed E-state index contributed by atoms with van der Waals surface area (Å²) in [5.74, 6) is -1.95. The van der Waals surface area contributed by atoms with E-state index in [1.807, 2.05) is 88.4 Å². The van der Waals surface area contributed by atoms with Gasteiger partial charge in [-0.2, -0.15) is 0 Å². The Bertz CT molecular complexity index is 1490. The Morgan fingerprint density at radius 2 is 1.63 bits per heavy atom. The minimum absolute atomic E-state index is 0.129. The minimum atomic E-state index is -1.01. The van der Waals surface area contributed by atoms with Crippen LogP contribution in [0.1, 0.15) is 32.8 Å². The fourth-order valence-corrected chi connectivity index (χ4v) is 10.1. The second-order valence-electron chi connectivity index (χ2n) is 12.7. The quantitative estimate of drug-likeness (QED) is 0.447. The number of hydrogen-bond acceptors (Lipinski definition) is 5. The Balaban J connectivity index is 1.52. The van der Waals surface area contributed by atoms with E-state index in [1.165, 1.54) is 0 Å². The standard InChI is InChI=1S/C34H38ClN3O4S/c1-21(2)19-24(20-39)38-29-32(42)37(28-22(3)11-8-14-25(28)35)18-10-16-34(29)27(31(38)41)26-30(40)36(23-12-6-5-7-13-23)17-9-15-33(26,4)43-34/h5-16,21,24,26-27,29,39H,17-20H2,1-4H3/t24-,26+,27+,29?,33-,34+/m1/s1. The summed E-state index contributed by atoms with van der Waals surface area (Å²) in [4.78, 5) is 49.4. The molecule has 1 N–H and O–H groups in total. The molecular weight excluding hydrogens is 582 g/mol. The lowest BCUT2D eigenvalue weighted by Crippen LogP contribution is -2.57. The summed E-state index contributed by atoms with van der Waals surface area (Å²) >= 11 is 8.23. The number of para-hydroxylation sites is 2. The molecule has 2 fully saturated rings. The molecule has 0 aromatic heterocycles. The number of halogens is 1. The lowest BCUT2D eigenvalue weighted by molar-refractivity contribution is -0.142. The zero-order chi connectivity index (χ0) is 30.7. The molecule has 6 rings (SSSR count). The van der Waals surface area contributed by atoms with Gasteiger partial charge in [-0.25, -0.2) is 0 Å². The maximum Gasteiger partial charge on any atom is 0.251 e. The highest BCUT2D eigenvalue weighted by Gasteiger charge is 2.74. The number of carbonyl (C=O) groups excluding carboxylic acids is 3. The van der Waals surface area contributed by atoms with Crippen LogP contribution >= 0.6 is 23.4 Å². The van der Waals surface area contributed by atoms with E-state index in [4.69, 9.17) is 11.6 Å². The SMILES string of the molecule is Cc1cccc(Cl)c1N1CC=C[C@]23S[C@]4(C)C=CCN(c5ccccc5)C(=O)[C@@H]4[C@H]2C(=O)N([C@@H](CO)CC(C)C)C3C1=O. The fourth-order valence-electron chi connectivity index (χ4n) is 7.68. The Kier molecular flexibility index (Phi) is 7.76. The molecule has 9 heteroatoms. The van der Waals surface area contributed by atoms with Crippen LogP contribution in [0.25, 0.3) is 0 Å². The van der Waals surface area contributed by atoms with Gasteiger partial charge in [0.1, 0.15) is 6.04 Å². The van der Waals surface area contributed by atoms with Crippen molar-refractivity contribution in [2.45, 2.75) is 55.7 Å². The van der Waals surface area contributed by atoms with Gasteiger partial charge < -0.3 is 19.8 Å². The van der Waals surface area contributed by atoms with Crippen LogP contribution in [0.15, 0.2) is 72.8 Å². The van der Waals surface area contributed by atoms with Crippen molar-refractivity contribution in [2.75, 3.05) is 29.5 Å². The summed E-state index contributed by atoms with van der Waals surface area (Å²) in [5, 5.41) is 11.1. The van der Waals surface area contributed by atoms with E-state index in [9.17, 15) is 19.5 Å². The number of aliphatic hydroxyl groups is 1. The van der Waals surface area contributed by atoms with Crippen molar-refractivity contribution in [3.05, 3.63) is 83.4 Å². The van der Waals surface area contributed by atoms with E-state index in [0.717, 1.165) is 11.3 Å². The number of amides is 3. The number of likely N-dealkylation sites (tertiary alicyclic amines) is 1. The molecule has 4 aliphatic heterocycles. The number of anilines is 2. The van der Waals surface area contributed by atoms with Gasteiger partial charge in [0, 0.05) is 23.5 Å². The number of aliphatic hydroxyl groups excluding tert-OH is 1. The van der Waals surface area contributed by atoms with E-state index < -0.39 is 33.4 Å². The molecule has 0 aliphatic carbocycles. The van der Waals surface area contributed by atoms with Gasteiger partial charge in [0.2, 0.25) is 11.8 Å². The van der Waals surface area contributed by atoms with Gasteiger partial charge in [-0.15, -0.1) is 11.8 Å². The highest BCUT2D eigenvalue weighted by molar-refractivity contribution is 8.02. The summed E-state index contributed by atoms with van der Waals surface area (Å²) in [7, 11) is 0. The van der Waals surface area contributed by atoms with Crippen LogP contribution in [0.3, 0.4) is 0 Å². The molecule has 0 radical (unpaired) electrons. The third-order valence-corrected chi connectivity index (χ3v) is 11.5. The number of benzene rings is 2. The number of rotatable bonds is 6. The molecule has 7 nitrogen and oxygen atoms in total. The number of carbonyl (C=O) groups is 3. The minimum Gasteiger partial charge on any atom is -0.394 e. The normalized spacial score (nSPS) is 30.8. The lowest BCUT2D eigenvalue weighted by Gasteiger charge is -2.40. The zero-order valence-electron chi connectivity index (χ0n) is 24.9. The molecule has 2 aromatic rings. The Morgan fingerprint density at radius 1 is 0.930 bits per heavy atom. The molecule has 43 heavy (non-hydrogen) atoms. The number of aryl methyl sites for hydroxylation is 1. The van der Waals surface area contributed by atoms with Gasteiger partial charge in [-0.3, -0.25) is 14.4 Å². The van der Waals surface area contributed by atoms with Crippen LogP contribution in [-0.2, 0) is 14.4 Å². The van der Waals surface area contributed by atoms with Crippen molar-refractivity contribution in [2.24, 2.45) is 17.8 Å². The monoisotopic (exact) mass is 619 g/mol. The zero-order valence-corrected chi connectivity index (χ0v) is 26.5. The average molecular weight is 620 g/mol. The molecule has 2 aromatic carbocycles. The van der Waals surface area contributed by atoms with E-state index in [-0.39, 0.29) is 36.8 Å². The summed E-state index contributed by atoms with van der Waals surface area (Å²) < 4.78 is -1.74. The topological polar surface area (TPSA) is 81.2 Å². The Morgan fingerprint density at radius 3 is 2.30 bits per heavy atom. The molecular formula is C34H38ClN3O4S. The lowest BCUT2D eigenvalue weighted by atomic mass is 9.74. The first kappa shape index (κ1) is 30.0. The maximum absolute atomic E-state index is 14.9. The first-order valence-electron chi connectivity index (χ1n) is 15.0. The summed E-state index contributed by atoms with van der Waals surface area (Å²) in [5.41, 5.74) is 2.24. The second kappa shape index (κ2) is 11.1.